The molecule has 1 aliphatic heterocycles. The molecule has 1 heterocycles. The highest BCUT2D eigenvalue weighted by molar-refractivity contribution is 5.92. The van der Waals surface area contributed by atoms with Gasteiger partial charge in [-0.3, -0.25) is 4.79 Å². The number of para-hydroxylation sites is 1. The number of benzene rings is 3. The fraction of sp³-hybridized carbons (Fsp3) is 0.286. The molecule has 1 aliphatic rings. The third-order valence-corrected chi connectivity index (χ3v) is 5.91. The number of nitrogens with one attached hydrogen (secondary N) is 2. The molecule has 0 saturated carbocycles. The summed E-state index contributed by atoms with van der Waals surface area (Å²) in [6.45, 7) is 3.77. The Morgan fingerprint density at radius 3 is 2.23 bits per heavy atom. The van der Waals surface area contributed by atoms with Crippen molar-refractivity contribution < 1.29 is 9.53 Å². The summed E-state index contributed by atoms with van der Waals surface area (Å²) in [6, 6.07) is 26.5. The lowest BCUT2D eigenvalue weighted by atomic mass is 10.0. The van der Waals surface area contributed by atoms with Gasteiger partial charge in [-0.2, -0.15) is 0 Å². The fourth-order valence-corrected chi connectivity index (χ4v) is 4.10. The molecule has 3 aromatic rings. The Balaban J connectivity index is 1.35. The molecule has 1 fully saturated rings. The highest BCUT2D eigenvalue weighted by Crippen LogP contribution is 2.24. The average Bonchev–Trinajstić information content (AvgIpc) is 3.40. The summed E-state index contributed by atoms with van der Waals surface area (Å²) in [7, 11) is 0. The number of carbonyl (C=O) groups excluding carboxylic acids is 1. The van der Waals surface area contributed by atoms with E-state index >= 15 is 0 Å². The van der Waals surface area contributed by atoms with Gasteiger partial charge in [-0.15, -0.1) is 0 Å². The van der Waals surface area contributed by atoms with Crippen molar-refractivity contribution >= 4 is 17.6 Å². The van der Waals surface area contributed by atoms with E-state index in [0.717, 1.165) is 42.4 Å². The van der Waals surface area contributed by atoms with Crippen molar-refractivity contribution in [2.45, 2.75) is 25.3 Å². The molecule has 4 N–H and O–H groups in total. The maximum Gasteiger partial charge on any atom is 0.222 e. The molecule has 0 spiro atoms. The van der Waals surface area contributed by atoms with Gasteiger partial charge < -0.3 is 26.0 Å². The van der Waals surface area contributed by atoms with E-state index in [9.17, 15) is 4.79 Å². The van der Waals surface area contributed by atoms with E-state index < -0.39 is 0 Å². The molecule has 0 aliphatic carbocycles. The van der Waals surface area contributed by atoms with Gasteiger partial charge in [-0.25, -0.2) is 4.99 Å². The molecule has 7 heteroatoms. The number of nitrogens with two attached hydrogens (primary N) is 1. The summed E-state index contributed by atoms with van der Waals surface area (Å²) < 4.78 is 5.83. The molecule has 1 saturated heterocycles. The van der Waals surface area contributed by atoms with Crippen LogP contribution in [0.15, 0.2) is 89.9 Å². The second-order valence-electron chi connectivity index (χ2n) is 8.61. The molecule has 0 radical (unpaired) electrons. The predicted molar refractivity (Wildman–Crippen MR) is 141 cm³/mol. The molecule has 0 aromatic heterocycles. The third-order valence-electron chi connectivity index (χ3n) is 5.91. The van der Waals surface area contributed by atoms with Crippen molar-refractivity contribution in [1.82, 2.24) is 10.2 Å². The van der Waals surface area contributed by atoms with E-state index in [2.05, 4.69) is 20.5 Å². The van der Waals surface area contributed by atoms with Crippen LogP contribution < -0.4 is 21.1 Å². The molecule has 3 aromatic carbocycles. The number of hydrogen-bond donors (Lipinski definition) is 3. The standard InChI is InChI=1S/C28H33N5O2/c29-28(31-23-13-15-25(16-14-23)35-24-11-5-2-6-12-24)32-26(22-9-3-1-4-10-22)21-27(34)30-17-20-33-18-7-8-19-33/h1-6,9-16,26H,7-8,17-21H2,(H,30,34)(H3,29,31,32). The zero-order valence-corrected chi connectivity index (χ0v) is 19.9. The number of anilines is 1. The van der Waals surface area contributed by atoms with Gasteiger partial charge >= 0.3 is 0 Å². The number of hydrogen-bond acceptors (Lipinski definition) is 4. The summed E-state index contributed by atoms with van der Waals surface area (Å²) in [5, 5.41) is 6.15. The largest absolute Gasteiger partial charge is 0.457 e. The van der Waals surface area contributed by atoms with Crippen molar-refractivity contribution in [2.75, 3.05) is 31.5 Å². The van der Waals surface area contributed by atoms with Crippen LogP contribution in [-0.2, 0) is 4.79 Å². The summed E-state index contributed by atoms with van der Waals surface area (Å²) in [4.78, 5) is 19.7. The Labute approximate surface area is 207 Å². The molecule has 1 amide bonds. The number of likely N-dealkylation sites (tertiary alicyclic amines) is 1. The molecule has 1 atom stereocenters. The number of guanidine groups is 1. The first kappa shape index (κ1) is 24.3. The Kier molecular flexibility index (Phi) is 8.73. The van der Waals surface area contributed by atoms with Crippen LogP contribution >= 0.6 is 0 Å². The van der Waals surface area contributed by atoms with E-state index in [1.165, 1.54) is 12.8 Å². The number of aliphatic imine (C=N–C) groups is 1. The number of carbonyl (C=O) groups is 1. The second kappa shape index (κ2) is 12.6. The SMILES string of the molecule is NC(=NC(CC(=O)NCCN1CCCC1)c1ccccc1)Nc1ccc(Oc2ccccc2)cc1. The van der Waals surface area contributed by atoms with E-state index in [1.54, 1.807) is 0 Å². The first-order chi connectivity index (χ1) is 17.2. The van der Waals surface area contributed by atoms with Crippen molar-refractivity contribution in [3.8, 4) is 11.5 Å². The second-order valence-corrected chi connectivity index (χ2v) is 8.61. The van der Waals surface area contributed by atoms with Gasteiger partial charge in [0.2, 0.25) is 5.91 Å². The van der Waals surface area contributed by atoms with Crippen molar-refractivity contribution in [1.29, 1.82) is 0 Å². The maximum atomic E-state index is 12.7. The quantitative estimate of drug-likeness (QED) is 0.298. The van der Waals surface area contributed by atoms with E-state index in [1.807, 2.05) is 84.9 Å². The van der Waals surface area contributed by atoms with Gasteiger partial charge in [0.15, 0.2) is 5.96 Å². The number of rotatable bonds is 10. The normalized spacial score (nSPS) is 14.9. The monoisotopic (exact) mass is 471 g/mol. The summed E-state index contributed by atoms with van der Waals surface area (Å²) in [6.07, 6.45) is 2.72. The summed E-state index contributed by atoms with van der Waals surface area (Å²) in [5.41, 5.74) is 7.96. The van der Waals surface area contributed by atoms with Crippen molar-refractivity contribution in [3.05, 3.63) is 90.5 Å². The summed E-state index contributed by atoms with van der Waals surface area (Å²) >= 11 is 0. The van der Waals surface area contributed by atoms with Crippen molar-refractivity contribution in [2.24, 2.45) is 10.7 Å². The van der Waals surface area contributed by atoms with Crippen LogP contribution in [0.2, 0.25) is 0 Å². The number of nitrogens with zero attached hydrogens (tertiary/aromatic N) is 2. The van der Waals surface area contributed by atoms with Gasteiger partial charge in [0.25, 0.3) is 0 Å². The smallest absolute Gasteiger partial charge is 0.222 e. The van der Waals surface area contributed by atoms with Gasteiger partial charge in [-0.05, 0) is 67.9 Å². The molecule has 1 unspecified atom stereocenters. The van der Waals surface area contributed by atoms with Gasteiger partial charge in [0.1, 0.15) is 11.5 Å². The molecule has 4 rings (SSSR count). The minimum atomic E-state index is -0.379. The molecular formula is C28H33N5O2. The van der Waals surface area contributed by atoms with Crippen LogP contribution in [0.5, 0.6) is 11.5 Å². The molecule has 35 heavy (non-hydrogen) atoms. The Hall–Kier alpha value is -3.84. The van der Waals surface area contributed by atoms with Crippen LogP contribution in [0.25, 0.3) is 0 Å². The van der Waals surface area contributed by atoms with Crippen LogP contribution in [0.4, 0.5) is 5.69 Å². The Morgan fingerprint density at radius 2 is 1.54 bits per heavy atom. The zero-order valence-electron chi connectivity index (χ0n) is 19.9. The van der Waals surface area contributed by atoms with Gasteiger partial charge in [0.05, 0.1) is 12.5 Å². The minimum Gasteiger partial charge on any atom is -0.457 e. The summed E-state index contributed by atoms with van der Waals surface area (Å²) in [5.74, 6) is 1.72. The first-order valence-electron chi connectivity index (χ1n) is 12.1. The number of amides is 1. The zero-order chi connectivity index (χ0) is 24.3. The van der Waals surface area contributed by atoms with Crippen LogP contribution in [0.1, 0.15) is 30.9 Å². The lowest BCUT2D eigenvalue weighted by Crippen LogP contribution is -2.34. The van der Waals surface area contributed by atoms with Gasteiger partial charge in [-0.1, -0.05) is 48.5 Å². The lowest BCUT2D eigenvalue weighted by Gasteiger charge is -2.17. The maximum absolute atomic E-state index is 12.7. The van der Waals surface area contributed by atoms with E-state index in [0.29, 0.717) is 6.54 Å². The molecule has 7 nitrogen and oxygen atoms in total. The highest BCUT2D eigenvalue weighted by Gasteiger charge is 2.17. The van der Waals surface area contributed by atoms with Crippen LogP contribution in [-0.4, -0.2) is 42.9 Å². The average molecular weight is 472 g/mol. The van der Waals surface area contributed by atoms with Crippen LogP contribution in [0.3, 0.4) is 0 Å². The van der Waals surface area contributed by atoms with Gasteiger partial charge in [0, 0.05) is 18.8 Å². The molecule has 0 bridgehead atoms. The molecular weight excluding hydrogens is 438 g/mol. The predicted octanol–water partition coefficient (Wildman–Crippen LogP) is 4.55. The third kappa shape index (κ3) is 7.86. The minimum absolute atomic E-state index is 0.0305. The highest BCUT2D eigenvalue weighted by atomic mass is 16.5. The van der Waals surface area contributed by atoms with E-state index in [-0.39, 0.29) is 24.3 Å². The number of ether oxygens (including phenoxy) is 1. The fourth-order valence-electron chi connectivity index (χ4n) is 4.10. The van der Waals surface area contributed by atoms with E-state index in [4.69, 9.17) is 10.5 Å². The topological polar surface area (TPSA) is 92.0 Å². The Bertz CT molecular complexity index is 1080. The Morgan fingerprint density at radius 1 is 0.914 bits per heavy atom. The molecule has 182 valence electrons. The first-order valence-corrected chi connectivity index (χ1v) is 12.1. The van der Waals surface area contributed by atoms with Crippen molar-refractivity contribution in [3.63, 3.8) is 0 Å². The lowest BCUT2D eigenvalue weighted by molar-refractivity contribution is -0.121. The van der Waals surface area contributed by atoms with Crippen LogP contribution in [0, 0.1) is 0 Å².